The highest BCUT2D eigenvalue weighted by Gasteiger charge is 2.34. The van der Waals surface area contributed by atoms with Gasteiger partial charge >= 0.3 is 0 Å². The maximum absolute atomic E-state index is 12.7. The molecule has 3 heterocycles. The van der Waals surface area contributed by atoms with E-state index in [2.05, 4.69) is 20.3 Å². The first-order valence-corrected chi connectivity index (χ1v) is 9.82. The van der Waals surface area contributed by atoms with E-state index >= 15 is 0 Å². The van der Waals surface area contributed by atoms with Gasteiger partial charge in [0.15, 0.2) is 0 Å². The van der Waals surface area contributed by atoms with Crippen LogP contribution < -0.4 is 20.5 Å². The number of aromatic amines is 1. The number of rotatable bonds is 7. The van der Waals surface area contributed by atoms with E-state index in [0.29, 0.717) is 43.3 Å². The predicted molar refractivity (Wildman–Crippen MR) is 114 cm³/mol. The SMILES string of the molecule is COc1ccccc1N1C[C@H](c2cc(=O)[nH]c(NCCc3ccccn3)n2)CC1=O. The van der Waals surface area contributed by atoms with Crippen LogP contribution in [0.2, 0.25) is 0 Å². The van der Waals surface area contributed by atoms with E-state index in [1.807, 2.05) is 42.5 Å². The van der Waals surface area contributed by atoms with Crippen LogP contribution in [0.25, 0.3) is 0 Å². The Morgan fingerprint density at radius 3 is 2.83 bits per heavy atom. The summed E-state index contributed by atoms with van der Waals surface area (Å²) in [7, 11) is 1.58. The summed E-state index contributed by atoms with van der Waals surface area (Å²) in [4.78, 5) is 38.1. The molecule has 0 spiro atoms. The lowest BCUT2D eigenvalue weighted by molar-refractivity contribution is -0.117. The lowest BCUT2D eigenvalue weighted by atomic mass is 10.0. The average molecular weight is 405 g/mol. The van der Waals surface area contributed by atoms with Crippen LogP contribution in [0.3, 0.4) is 0 Å². The second kappa shape index (κ2) is 8.77. The van der Waals surface area contributed by atoms with E-state index in [-0.39, 0.29) is 17.4 Å². The Hall–Kier alpha value is -3.68. The molecule has 3 aromatic rings. The minimum Gasteiger partial charge on any atom is -0.495 e. The average Bonchev–Trinajstić information content (AvgIpc) is 3.15. The number of pyridine rings is 1. The molecule has 1 fully saturated rings. The van der Waals surface area contributed by atoms with Gasteiger partial charge in [0.25, 0.3) is 5.56 Å². The standard InChI is InChI=1S/C22H23N5O3/c1-30-19-8-3-2-7-18(19)27-14-15(12-21(27)29)17-13-20(28)26-22(25-17)24-11-9-16-6-4-5-10-23-16/h2-8,10,13,15H,9,11-12,14H2,1H3,(H2,24,25,26,28)/t15-/m1/s1. The minimum absolute atomic E-state index is 0.0174. The quantitative estimate of drug-likeness (QED) is 0.626. The van der Waals surface area contributed by atoms with E-state index in [9.17, 15) is 9.59 Å². The van der Waals surface area contributed by atoms with Crippen LogP contribution in [0.1, 0.15) is 23.7 Å². The van der Waals surface area contributed by atoms with Gasteiger partial charge in [-0.3, -0.25) is 19.6 Å². The number of aromatic nitrogens is 3. The zero-order valence-electron chi connectivity index (χ0n) is 16.7. The fourth-order valence-electron chi connectivity index (χ4n) is 3.62. The van der Waals surface area contributed by atoms with Crippen molar-refractivity contribution >= 4 is 17.5 Å². The molecule has 1 amide bonds. The van der Waals surface area contributed by atoms with Gasteiger partial charge in [-0.25, -0.2) is 4.98 Å². The van der Waals surface area contributed by atoms with Crippen molar-refractivity contribution in [3.05, 3.63) is 76.5 Å². The van der Waals surface area contributed by atoms with Crippen LogP contribution in [0, 0.1) is 0 Å². The number of methoxy groups -OCH3 is 1. The van der Waals surface area contributed by atoms with Crippen LogP contribution in [-0.4, -0.2) is 41.1 Å². The number of anilines is 2. The molecular weight excluding hydrogens is 382 g/mol. The number of benzene rings is 1. The number of carbonyl (C=O) groups excluding carboxylic acids is 1. The molecule has 1 aromatic carbocycles. The third-order valence-corrected chi connectivity index (χ3v) is 5.08. The molecule has 0 bridgehead atoms. The Kier molecular flexibility index (Phi) is 5.74. The Balaban J connectivity index is 1.47. The molecule has 4 rings (SSSR count). The first kappa shape index (κ1) is 19.6. The molecular formula is C22H23N5O3. The number of carbonyl (C=O) groups is 1. The van der Waals surface area contributed by atoms with Crippen LogP contribution in [0.15, 0.2) is 59.5 Å². The fourth-order valence-corrected chi connectivity index (χ4v) is 3.62. The highest BCUT2D eigenvalue weighted by atomic mass is 16.5. The molecule has 1 saturated heterocycles. The van der Waals surface area contributed by atoms with Crippen LogP contribution >= 0.6 is 0 Å². The number of hydrogen-bond donors (Lipinski definition) is 2. The summed E-state index contributed by atoms with van der Waals surface area (Å²) in [5.74, 6) is 0.858. The van der Waals surface area contributed by atoms with Gasteiger partial charge in [-0.1, -0.05) is 18.2 Å². The number of ether oxygens (including phenoxy) is 1. The highest BCUT2D eigenvalue weighted by Crippen LogP contribution is 2.35. The van der Waals surface area contributed by atoms with Crippen LogP contribution in [-0.2, 0) is 11.2 Å². The van der Waals surface area contributed by atoms with Gasteiger partial charge in [0.1, 0.15) is 5.75 Å². The summed E-state index contributed by atoms with van der Waals surface area (Å²) in [6.45, 7) is 1.03. The molecule has 1 aliphatic heterocycles. The Bertz CT molecular complexity index is 1080. The van der Waals surface area contributed by atoms with Crippen molar-refractivity contribution in [3.8, 4) is 5.75 Å². The zero-order chi connectivity index (χ0) is 20.9. The van der Waals surface area contributed by atoms with Crippen molar-refractivity contribution < 1.29 is 9.53 Å². The topological polar surface area (TPSA) is 100 Å². The number of para-hydroxylation sites is 2. The molecule has 8 heteroatoms. The second-order valence-electron chi connectivity index (χ2n) is 7.09. The number of H-pyrrole nitrogens is 1. The van der Waals surface area contributed by atoms with E-state index in [0.717, 1.165) is 11.4 Å². The van der Waals surface area contributed by atoms with Crippen molar-refractivity contribution in [1.82, 2.24) is 15.0 Å². The Labute approximate surface area is 173 Å². The first-order chi connectivity index (χ1) is 14.6. The lowest BCUT2D eigenvalue weighted by Crippen LogP contribution is -2.25. The van der Waals surface area contributed by atoms with Gasteiger partial charge in [0.05, 0.1) is 18.5 Å². The van der Waals surface area contributed by atoms with Gasteiger partial charge in [0, 0.05) is 49.8 Å². The summed E-state index contributed by atoms with van der Waals surface area (Å²) in [5.41, 5.74) is 2.04. The van der Waals surface area contributed by atoms with Gasteiger partial charge in [-0.2, -0.15) is 0 Å². The van der Waals surface area contributed by atoms with Gasteiger partial charge in [-0.15, -0.1) is 0 Å². The lowest BCUT2D eigenvalue weighted by Gasteiger charge is -2.19. The van der Waals surface area contributed by atoms with Crippen molar-refractivity contribution in [2.24, 2.45) is 0 Å². The van der Waals surface area contributed by atoms with Crippen LogP contribution in [0.5, 0.6) is 5.75 Å². The van der Waals surface area contributed by atoms with E-state index < -0.39 is 0 Å². The van der Waals surface area contributed by atoms with Gasteiger partial charge in [0.2, 0.25) is 11.9 Å². The zero-order valence-corrected chi connectivity index (χ0v) is 16.7. The molecule has 8 nitrogen and oxygen atoms in total. The largest absolute Gasteiger partial charge is 0.495 e. The van der Waals surface area contributed by atoms with Crippen molar-refractivity contribution in [2.45, 2.75) is 18.8 Å². The maximum Gasteiger partial charge on any atom is 0.252 e. The summed E-state index contributed by atoms with van der Waals surface area (Å²) < 4.78 is 5.39. The first-order valence-electron chi connectivity index (χ1n) is 9.82. The summed E-state index contributed by atoms with van der Waals surface area (Å²) >= 11 is 0. The molecule has 154 valence electrons. The van der Waals surface area contributed by atoms with Crippen molar-refractivity contribution in [1.29, 1.82) is 0 Å². The molecule has 0 saturated carbocycles. The molecule has 0 aliphatic carbocycles. The summed E-state index contributed by atoms with van der Waals surface area (Å²) in [6.07, 6.45) is 2.75. The van der Waals surface area contributed by atoms with Gasteiger partial charge in [-0.05, 0) is 24.3 Å². The molecule has 30 heavy (non-hydrogen) atoms. The van der Waals surface area contributed by atoms with E-state index in [1.165, 1.54) is 6.07 Å². The third kappa shape index (κ3) is 4.32. The second-order valence-corrected chi connectivity index (χ2v) is 7.09. The molecule has 0 radical (unpaired) electrons. The highest BCUT2D eigenvalue weighted by molar-refractivity contribution is 5.97. The van der Waals surface area contributed by atoms with Crippen LogP contribution in [0.4, 0.5) is 11.6 Å². The molecule has 2 N–H and O–H groups in total. The molecule has 1 atom stereocenters. The Morgan fingerprint density at radius 2 is 2.03 bits per heavy atom. The normalized spacial score (nSPS) is 16.0. The summed E-state index contributed by atoms with van der Waals surface area (Å²) in [6, 6.07) is 14.6. The number of amides is 1. The maximum atomic E-state index is 12.7. The number of nitrogens with one attached hydrogen (secondary N) is 2. The van der Waals surface area contributed by atoms with Gasteiger partial charge < -0.3 is 15.0 Å². The van der Waals surface area contributed by atoms with Crippen molar-refractivity contribution in [2.75, 3.05) is 30.4 Å². The fraction of sp³-hybridized carbons (Fsp3) is 0.273. The predicted octanol–water partition coefficient (Wildman–Crippen LogP) is 2.35. The Morgan fingerprint density at radius 1 is 1.20 bits per heavy atom. The molecule has 0 unspecified atom stereocenters. The molecule has 1 aliphatic rings. The smallest absolute Gasteiger partial charge is 0.252 e. The number of hydrogen-bond acceptors (Lipinski definition) is 6. The van der Waals surface area contributed by atoms with E-state index in [1.54, 1.807) is 18.2 Å². The molecule has 2 aromatic heterocycles. The minimum atomic E-state index is -0.247. The van der Waals surface area contributed by atoms with Crippen molar-refractivity contribution in [3.63, 3.8) is 0 Å². The monoisotopic (exact) mass is 405 g/mol. The van der Waals surface area contributed by atoms with E-state index in [4.69, 9.17) is 4.74 Å². The summed E-state index contributed by atoms with van der Waals surface area (Å²) in [5, 5.41) is 3.14. The third-order valence-electron chi connectivity index (χ3n) is 5.08. The number of nitrogens with zero attached hydrogens (tertiary/aromatic N) is 3.